The lowest BCUT2D eigenvalue weighted by atomic mass is 10.1. The summed E-state index contributed by atoms with van der Waals surface area (Å²) in [6.07, 6.45) is 0.828. The van der Waals surface area contributed by atoms with E-state index < -0.39 is 0 Å². The molecule has 0 aliphatic heterocycles. The van der Waals surface area contributed by atoms with Gasteiger partial charge < -0.3 is 10.2 Å². The number of carbonyl (C=O) groups is 1. The van der Waals surface area contributed by atoms with Crippen molar-refractivity contribution in [3.05, 3.63) is 46.7 Å². The maximum atomic E-state index is 10.7. The van der Waals surface area contributed by atoms with Crippen molar-refractivity contribution in [3.63, 3.8) is 0 Å². The Balaban J connectivity index is 2.21. The lowest BCUT2D eigenvalue weighted by molar-refractivity contribution is -0.118. The Labute approximate surface area is 111 Å². The van der Waals surface area contributed by atoms with E-state index in [-0.39, 0.29) is 5.91 Å². The molecule has 1 aromatic carbocycles. The number of carbonyl (C=O) groups excluding carboxylic acids is 1. The van der Waals surface area contributed by atoms with Crippen molar-refractivity contribution in [2.24, 2.45) is 5.73 Å². The zero-order valence-electron chi connectivity index (χ0n) is 10.1. The summed E-state index contributed by atoms with van der Waals surface area (Å²) in [5.74, 6) is 1.22. The van der Waals surface area contributed by atoms with Crippen LogP contribution in [0, 0.1) is 6.92 Å². The first-order valence-electron chi connectivity index (χ1n) is 5.70. The monoisotopic (exact) mass is 263 g/mol. The van der Waals surface area contributed by atoms with Gasteiger partial charge in [-0.2, -0.15) is 0 Å². The van der Waals surface area contributed by atoms with Crippen molar-refractivity contribution in [3.8, 4) is 11.3 Å². The molecule has 3 nitrogen and oxygen atoms in total. The highest BCUT2D eigenvalue weighted by Gasteiger charge is 2.08. The van der Waals surface area contributed by atoms with Crippen LogP contribution in [0.5, 0.6) is 0 Å². The molecule has 1 amide bonds. The molecule has 18 heavy (non-hydrogen) atoms. The molecule has 94 valence electrons. The minimum atomic E-state index is -0.323. The number of benzene rings is 1. The van der Waals surface area contributed by atoms with E-state index in [1.54, 1.807) is 0 Å². The van der Waals surface area contributed by atoms with Crippen LogP contribution in [0.4, 0.5) is 0 Å². The van der Waals surface area contributed by atoms with Gasteiger partial charge in [-0.1, -0.05) is 11.6 Å². The molecule has 1 heterocycles. The smallest absolute Gasteiger partial charge is 0.217 e. The summed E-state index contributed by atoms with van der Waals surface area (Å²) < 4.78 is 5.69. The lowest BCUT2D eigenvalue weighted by Gasteiger charge is -2.03. The van der Waals surface area contributed by atoms with Gasteiger partial charge in [-0.25, -0.2) is 0 Å². The minimum Gasteiger partial charge on any atom is -0.461 e. The van der Waals surface area contributed by atoms with E-state index in [0.717, 1.165) is 22.6 Å². The summed E-state index contributed by atoms with van der Waals surface area (Å²) >= 11 is 5.91. The molecule has 0 saturated heterocycles. The van der Waals surface area contributed by atoms with Gasteiger partial charge in [-0.15, -0.1) is 0 Å². The molecule has 0 radical (unpaired) electrons. The van der Waals surface area contributed by atoms with Crippen LogP contribution in [-0.2, 0) is 11.2 Å². The molecule has 2 aromatic rings. The van der Waals surface area contributed by atoms with Crippen LogP contribution in [0.2, 0.25) is 5.02 Å². The van der Waals surface area contributed by atoms with E-state index in [2.05, 4.69) is 0 Å². The van der Waals surface area contributed by atoms with E-state index in [9.17, 15) is 4.79 Å². The minimum absolute atomic E-state index is 0.298. The van der Waals surface area contributed by atoms with Gasteiger partial charge in [0, 0.05) is 23.4 Å². The predicted octanol–water partition coefficient (Wildman–Crippen LogP) is 3.33. The number of amides is 1. The van der Waals surface area contributed by atoms with E-state index in [1.165, 1.54) is 0 Å². The van der Waals surface area contributed by atoms with E-state index in [1.807, 2.05) is 37.3 Å². The van der Waals surface area contributed by atoms with Crippen molar-refractivity contribution in [2.75, 3.05) is 0 Å². The van der Waals surface area contributed by atoms with Crippen LogP contribution < -0.4 is 5.73 Å². The second-order valence-corrected chi connectivity index (χ2v) is 4.63. The fourth-order valence-corrected chi connectivity index (χ4v) is 2.03. The van der Waals surface area contributed by atoms with Gasteiger partial charge in [-0.05, 0) is 42.8 Å². The highest BCUT2D eigenvalue weighted by Crippen LogP contribution is 2.27. The summed E-state index contributed by atoms with van der Waals surface area (Å²) in [7, 11) is 0. The molecule has 2 rings (SSSR count). The van der Waals surface area contributed by atoms with Crippen LogP contribution >= 0.6 is 11.6 Å². The van der Waals surface area contributed by atoms with Crippen molar-refractivity contribution in [2.45, 2.75) is 19.8 Å². The van der Waals surface area contributed by atoms with Crippen molar-refractivity contribution < 1.29 is 9.21 Å². The molecular formula is C14H14ClNO2. The van der Waals surface area contributed by atoms with Crippen LogP contribution in [-0.4, -0.2) is 5.91 Å². The Morgan fingerprint density at radius 1 is 1.33 bits per heavy atom. The number of furan rings is 1. The second-order valence-electron chi connectivity index (χ2n) is 4.19. The van der Waals surface area contributed by atoms with E-state index in [4.69, 9.17) is 21.8 Å². The lowest BCUT2D eigenvalue weighted by Crippen LogP contribution is -2.10. The van der Waals surface area contributed by atoms with Gasteiger partial charge in [0.25, 0.3) is 0 Å². The Hall–Kier alpha value is -1.74. The summed E-state index contributed by atoms with van der Waals surface area (Å²) in [5.41, 5.74) is 7.16. The number of primary amides is 1. The van der Waals surface area contributed by atoms with E-state index in [0.29, 0.717) is 17.9 Å². The number of halogens is 1. The molecule has 0 unspecified atom stereocenters. The van der Waals surface area contributed by atoms with Crippen LogP contribution in [0.15, 0.2) is 34.7 Å². The van der Waals surface area contributed by atoms with Crippen molar-refractivity contribution in [1.29, 1.82) is 0 Å². The molecule has 0 spiro atoms. The molecule has 0 aliphatic carbocycles. The number of rotatable bonds is 4. The molecule has 2 N–H and O–H groups in total. The fraction of sp³-hybridized carbons (Fsp3) is 0.214. The molecule has 0 saturated carbocycles. The zero-order valence-corrected chi connectivity index (χ0v) is 10.8. The first kappa shape index (κ1) is 12.7. The first-order chi connectivity index (χ1) is 8.56. The number of hydrogen-bond acceptors (Lipinski definition) is 2. The molecular weight excluding hydrogens is 250 g/mol. The van der Waals surface area contributed by atoms with Gasteiger partial charge in [-0.3, -0.25) is 4.79 Å². The van der Waals surface area contributed by atoms with Gasteiger partial charge in [0.1, 0.15) is 11.5 Å². The van der Waals surface area contributed by atoms with Crippen LogP contribution in [0.1, 0.15) is 17.7 Å². The van der Waals surface area contributed by atoms with Gasteiger partial charge in [0.2, 0.25) is 5.91 Å². The Morgan fingerprint density at radius 3 is 2.78 bits per heavy atom. The number of nitrogens with two attached hydrogens (primary N) is 1. The summed E-state index contributed by atoms with van der Waals surface area (Å²) in [5, 5.41) is 0.705. The van der Waals surface area contributed by atoms with Crippen LogP contribution in [0.3, 0.4) is 0 Å². The number of aryl methyl sites for hydroxylation is 2. The third-order valence-electron chi connectivity index (χ3n) is 2.73. The van der Waals surface area contributed by atoms with Gasteiger partial charge in [0.15, 0.2) is 0 Å². The molecule has 0 atom stereocenters. The highest BCUT2D eigenvalue weighted by molar-refractivity contribution is 6.30. The van der Waals surface area contributed by atoms with E-state index >= 15 is 0 Å². The SMILES string of the molecule is Cc1cc(Cl)ccc1-c1ccc(CCC(N)=O)o1. The molecule has 0 fully saturated rings. The maximum Gasteiger partial charge on any atom is 0.217 e. The quantitative estimate of drug-likeness (QED) is 0.920. The molecule has 1 aromatic heterocycles. The summed E-state index contributed by atoms with van der Waals surface area (Å²) in [4.78, 5) is 10.7. The van der Waals surface area contributed by atoms with Crippen molar-refractivity contribution in [1.82, 2.24) is 0 Å². The number of hydrogen-bond donors (Lipinski definition) is 1. The Bertz CT molecular complexity index is 575. The van der Waals surface area contributed by atoms with Crippen molar-refractivity contribution >= 4 is 17.5 Å². The largest absolute Gasteiger partial charge is 0.461 e. The standard InChI is InChI=1S/C14H14ClNO2/c1-9-8-10(15)2-5-12(9)13-6-3-11(18-13)4-7-14(16)17/h2-3,5-6,8H,4,7H2,1H3,(H2,16,17). The maximum absolute atomic E-state index is 10.7. The zero-order chi connectivity index (χ0) is 13.1. The second kappa shape index (κ2) is 5.27. The third-order valence-corrected chi connectivity index (χ3v) is 2.97. The average molecular weight is 264 g/mol. The highest BCUT2D eigenvalue weighted by atomic mass is 35.5. The third kappa shape index (κ3) is 2.93. The summed E-state index contributed by atoms with van der Waals surface area (Å²) in [6.45, 7) is 1.98. The Kier molecular flexibility index (Phi) is 3.72. The normalized spacial score (nSPS) is 10.6. The average Bonchev–Trinajstić information content (AvgIpc) is 2.75. The summed E-state index contributed by atoms with van der Waals surface area (Å²) in [6, 6.07) is 9.41. The molecule has 4 heteroatoms. The van der Waals surface area contributed by atoms with Gasteiger partial charge in [0.05, 0.1) is 0 Å². The Morgan fingerprint density at radius 2 is 2.11 bits per heavy atom. The van der Waals surface area contributed by atoms with Crippen LogP contribution in [0.25, 0.3) is 11.3 Å². The molecule has 0 bridgehead atoms. The molecule has 0 aliphatic rings. The predicted molar refractivity (Wildman–Crippen MR) is 71.4 cm³/mol. The fourth-order valence-electron chi connectivity index (χ4n) is 1.81. The topological polar surface area (TPSA) is 56.2 Å². The first-order valence-corrected chi connectivity index (χ1v) is 6.07. The van der Waals surface area contributed by atoms with Gasteiger partial charge >= 0.3 is 0 Å².